The summed E-state index contributed by atoms with van der Waals surface area (Å²) in [5, 5.41) is 2.56. The summed E-state index contributed by atoms with van der Waals surface area (Å²) in [5.41, 5.74) is 9.91. The van der Waals surface area contributed by atoms with Gasteiger partial charge in [-0.2, -0.15) is 0 Å². The fourth-order valence-corrected chi connectivity index (χ4v) is 5.67. The minimum absolute atomic E-state index is 0. The molecule has 8 aromatic rings. The van der Waals surface area contributed by atoms with E-state index in [0.717, 1.165) is 40.3 Å². The fourth-order valence-electron chi connectivity index (χ4n) is 5.67. The first-order chi connectivity index (χ1) is 24.0. The van der Waals surface area contributed by atoms with E-state index in [-0.39, 0.29) is 20.1 Å². The minimum Gasteiger partial charge on any atom is -0.358 e. The van der Waals surface area contributed by atoms with E-state index >= 15 is 0 Å². The van der Waals surface area contributed by atoms with Gasteiger partial charge in [-0.15, -0.1) is 90.0 Å². The molecule has 0 unspecified atom stereocenters. The monoisotopic (exact) mass is 828 g/mol. The predicted octanol–water partition coefficient (Wildman–Crippen LogP) is 10.2. The van der Waals surface area contributed by atoms with E-state index in [9.17, 15) is 0 Å². The second-order valence-corrected chi connectivity index (χ2v) is 12.2. The van der Waals surface area contributed by atoms with E-state index in [1.165, 1.54) is 27.4 Å². The molecule has 0 fully saturated rings. The van der Waals surface area contributed by atoms with Gasteiger partial charge in [0.05, 0.1) is 6.20 Å². The van der Waals surface area contributed by atoms with Crippen LogP contribution in [0.3, 0.4) is 0 Å². The summed E-state index contributed by atoms with van der Waals surface area (Å²) in [6, 6.07) is 54.4. The zero-order chi connectivity index (χ0) is 34.0. The van der Waals surface area contributed by atoms with Crippen molar-refractivity contribution in [3.8, 4) is 33.8 Å². The van der Waals surface area contributed by atoms with Crippen LogP contribution in [-0.2, 0) is 26.7 Å². The maximum atomic E-state index is 4.56. The summed E-state index contributed by atoms with van der Waals surface area (Å²) >= 11 is 0. The molecule has 0 bridgehead atoms. The molecule has 0 atom stereocenters. The molecule has 1 radical (unpaired) electrons. The van der Waals surface area contributed by atoms with Crippen LogP contribution in [-0.4, -0.2) is 14.5 Å². The third-order valence-corrected chi connectivity index (χ3v) is 8.02. The van der Waals surface area contributed by atoms with E-state index in [1.807, 2.05) is 102 Å². The van der Waals surface area contributed by atoms with Crippen molar-refractivity contribution in [3.05, 3.63) is 183 Å². The molecule has 0 aliphatic carbocycles. The number of nitrogens with zero attached hydrogens (tertiary/aromatic N) is 4. The summed E-state index contributed by atoms with van der Waals surface area (Å²) in [6.45, 7) is 7.59. The SMILES string of the molecule is Cc1ccc(-c2[c-]cc3c4ccccc4n(CC(C)C)c3c2)nc1.[CH2-][n+]1ccccc1-c1[c-]cccc1.[Ir].[c-]1ccccc1-c1ccccn1. The number of hydrogen-bond acceptors (Lipinski definition) is 2. The van der Waals surface area contributed by atoms with Gasteiger partial charge in [-0.05, 0) is 58.9 Å². The summed E-state index contributed by atoms with van der Waals surface area (Å²) < 4.78 is 4.27. The van der Waals surface area contributed by atoms with Gasteiger partial charge >= 0.3 is 0 Å². The van der Waals surface area contributed by atoms with Gasteiger partial charge in [0.15, 0.2) is 0 Å². The summed E-state index contributed by atoms with van der Waals surface area (Å²) in [4.78, 5) is 8.78. The molecule has 4 aromatic carbocycles. The molecule has 0 saturated heterocycles. The van der Waals surface area contributed by atoms with Crippen molar-refractivity contribution in [2.75, 3.05) is 0 Å². The third-order valence-electron chi connectivity index (χ3n) is 8.02. The Bertz CT molecular complexity index is 2190. The number of benzene rings is 4. The predicted molar refractivity (Wildman–Crippen MR) is 201 cm³/mol. The molecular weight excluding hydrogens is 789 g/mol. The van der Waals surface area contributed by atoms with Crippen LogP contribution in [0.2, 0.25) is 0 Å². The molecule has 0 N–H and O–H groups in total. The molecule has 5 heteroatoms. The Hall–Kier alpha value is -5.35. The van der Waals surface area contributed by atoms with Gasteiger partial charge in [0, 0.05) is 51.6 Å². The largest absolute Gasteiger partial charge is 0.358 e. The van der Waals surface area contributed by atoms with Gasteiger partial charge in [-0.3, -0.25) is 0 Å². The van der Waals surface area contributed by atoms with Crippen molar-refractivity contribution < 1.29 is 24.7 Å². The first kappa shape index (κ1) is 35.9. The number of aryl methyl sites for hydroxylation is 1. The molecular formula is C45H39IrN4-3. The Labute approximate surface area is 309 Å². The minimum atomic E-state index is 0. The van der Waals surface area contributed by atoms with Crippen LogP contribution < -0.4 is 4.57 Å². The van der Waals surface area contributed by atoms with E-state index in [4.69, 9.17) is 0 Å². The maximum Gasteiger partial charge on any atom is 0.115 e. The van der Waals surface area contributed by atoms with Crippen LogP contribution in [0.5, 0.6) is 0 Å². The third kappa shape index (κ3) is 8.81. The van der Waals surface area contributed by atoms with E-state index in [2.05, 4.69) is 109 Å². The standard InChI is InChI=1S/C22H21N2.C12H10N.C11H8N.Ir/c1-15(2)14-24-21-7-5-4-6-18(21)19-10-9-17(12-22(19)24)20-11-8-16(3)13-23-20;1-13-10-6-5-9-12(13)11-7-3-2-4-8-11;1-2-6-10(7-3-1)11-8-4-5-9-12-11;/h4-8,10-13,15H,14H2,1-3H3;2-7,9-10H,1H2;1-6,8-9H;/q3*-1;. The molecule has 4 heterocycles. The number of rotatable bonds is 5. The van der Waals surface area contributed by atoms with Crippen molar-refractivity contribution in [2.45, 2.75) is 27.3 Å². The van der Waals surface area contributed by atoms with Gasteiger partial charge in [-0.25, -0.2) is 0 Å². The van der Waals surface area contributed by atoms with Crippen molar-refractivity contribution in [3.63, 3.8) is 0 Å². The molecule has 0 amide bonds. The average Bonchev–Trinajstić information content (AvgIpc) is 3.46. The van der Waals surface area contributed by atoms with Gasteiger partial charge in [0.25, 0.3) is 0 Å². The maximum absolute atomic E-state index is 4.56. The molecule has 0 aliphatic heterocycles. The second kappa shape index (κ2) is 17.3. The molecule has 251 valence electrons. The van der Waals surface area contributed by atoms with Crippen LogP contribution in [0.1, 0.15) is 19.4 Å². The first-order valence-electron chi connectivity index (χ1n) is 16.5. The van der Waals surface area contributed by atoms with Crippen LogP contribution in [0.25, 0.3) is 55.6 Å². The molecule has 0 saturated carbocycles. The van der Waals surface area contributed by atoms with E-state index in [1.54, 1.807) is 6.20 Å². The van der Waals surface area contributed by atoms with Crippen LogP contribution in [0.4, 0.5) is 0 Å². The van der Waals surface area contributed by atoms with E-state index in [0.29, 0.717) is 5.92 Å². The van der Waals surface area contributed by atoms with Gasteiger partial charge in [-0.1, -0.05) is 79.4 Å². The Morgan fingerprint density at radius 3 is 2.04 bits per heavy atom. The van der Waals surface area contributed by atoms with Crippen LogP contribution in [0.15, 0.2) is 152 Å². The summed E-state index contributed by atoms with van der Waals surface area (Å²) in [7, 11) is 3.89. The fraction of sp³-hybridized carbons (Fsp3) is 0.111. The molecule has 0 aliphatic rings. The molecule has 0 spiro atoms. The van der Waals surface area contributed by atoms with Crippen LogP contribution in [0, 0.1) is 38.1 Å². The van der Waals surface area contributed by atoms with Crippen LogP contribution >= 0.6 is 0 Å². The van der Waals surface area contributed by atoms with Gasteiger partial charge < -0.3 is 19.1 Å². The zero-order valence-electron chi connectivity index (χ0n) is 28.5. The number of para-hydroxylation sites is 1. The number of aromatic nitrogens is 4. The van der Waals surface area contributed by atoms with Crippen molar-refractivity contribution >= 4 is 21.8 Å². The van der Waals surface area contributed by atoms with Crippen molar-refractivity contribution in [1.29, 1.82) is 0 Å². The van der Waals surface area contributed by atoms with Crippen molar-refractivity contribution in [1.82, 2.24) is 14.5 Å². The molecule has 8 rings (SSSR count). The number of pyridine rings is 3. The quantitative estimate of drug-likeness (QED) is 0.128. The summed E-state index contributed by atoms with van der Waals surface area (Å²) in [6.07, 6.45) is 5.63. The Morgan fingerprint density at radius 2 is 1.38 bits per heavy atom. The Kier molecular flexibility index (Phi) is 12.5. The van der Waals surface area contributed by atoms with Crippen molar-refractivity contribution in [2.24, 2.45) is 5.92 Å². The topological polar surface area (TPSA) is 34.6 Å². The van der Waals surface area contributed by atoms with E-state index < -0.39 is 0 Å². The number of hydrogen-bond donors (Lipinski definition) is 0. The first-order valence-corrected chi connectivity index (χ1v) is 16.5. The molecule has 50 heavy (non-hydrogen) atoms. The normalized spacial score (nSPS) is 10.5. The Morgan fingerprint density at radius 1 is 0.680 bits per heavy atom. The second-order valence-electron chi connectivity index (χ2n) is 12.2. The Balaban J connectivity index is 0.000000158. The molecule has 4 nitrogen and oxygen atoms in total. The molecule has 4 aromatic heterocycles. The average molecular weight is 828 g/mol. The van der Waals surface area contributed by atoms with Gasteiger partial charge in [0.2, 0.25) is 0 Å². The zero-order valence-corrected chi connectivity index (χ0v) is 30.9. The summed E-state index contributed by atoms with van der Waals surface area (Å²) in [5.74, 6) is 0.592. The van der Waals surface area contributed by atoms with Gasteiger partial charge in [0.1, 0.15) is 5.69 Å². The number of fused-ring (bicyclic) bond motifs is 3. The smallest absolute Gasteiger partial charge is 0.115 e.